The third-order valence-corrected chi connectivity index (χ3v) is 2.53. The van der Waals surface area contributed by atoms with Gasteiger partial charge >= 0.3 is 6.09 Å². The third-order valence-electron chi connectivity index (χ3n) is 2.53. The average Bonchev–Trinajstić information content (AvgIpc) is 2.60. The standard InChI is InChI=1S/C14H14N2O3/c1-14(2,3)19-13(18)16-10-7-5-4-6-9(10)12(17)11(16)8-15/h4-7,17H,1-3H3. The molecule has 98 valence electrons. The van der Waals surface area contributed by atoms with Crippen LogP contribution in [0.4, 0.5) is 4.79 Å². The lowest BCUT2D eigenvalue weighted by Gasteiger charge is -2.20. The molecule has 0 aliphatic carbocycles. The van der Waals surface area contributed by atoms with Gasteiger partial charge in [-0.2, -0.15) is 5.26 Å². The minimum atomic E-state index is -0.680. The topological polar surface area (TPSA) is 75.2 Å². The molecule has 0 saturated carbocycles. The number of para-hydroxylation sites is 1. The van der Waals surface area contributed by atoms with Crippen molar-refractivity contribution in [3.63, 3.8) is 0 Å². The summed E-state index contributed by atoms with van der Waals surface area (Å²) in [6.45, 7) is 5.22. The van der Waals surface area contributed by atoms with Crippen molar-refractivity contribution in [3.8, 4) is 11.8 Å². The fraction of sp³-hybridized carbons (Fsp3) is 0.286. The molecule has 1 aromatic carbocycles. The molecule has 0 atom stereocenters. The molecule has 5 heteroatoms. The Morgan fingerprint density at radius 1 is 1.37 bits per heavy atom. The van der Waals surface area contributed by atoms with Crippen molar-refractivity contribution in [1.29, 1.82) is 5.26 Å². The van der Waals surface area contributed by atoms with Gasteiger partial charge in [0.1, 0.15) is 11.7 Å². The number of ether oxygens (including phenoxy) is 1. The van der Waals surface area contributed by atoms with E-state index in [2.05, 4.69) is 0 Å². The van der Waals surface area contributed by atoms with Crippen molar-refractivity contribution < 1.29 is 14.6 Å². The zero-order valence-corrected chi connectivity index (χ0v) is 11.0. The maximum absolute atomic E-state index is 12.1. The lowest BCUT2D eigenvalue weighted by molar-refractivity contribution is 0.0542. The summed E-state index contributed by atoms with van der Waals surface area (Å²) in [5.74, 6) is -0.205. The van der Waals surface area contributed by atoms with E-state index >= 15 is 0 Å². The van der Waals surface area contributed by atoms with Crippen molar-refractivity contribution in [3.05, 3.63) is 30.0 Å². The number of hydrogen-bond donors (Lipinski definition) is 1. The van der Waals surface area contributed by atoms with E-state index in [0.717, 1.165) is 4.57 Å². The van der Waals surface area contributed by atoms with Crippen molar-refractivity contribution in [2.75, 3.05) is 0 Å². The summed E-state index contributed by atoms with van der Waals surface area (Å²) in [7, 11) is 0. The number of rotatable bonds is 0. The first-order chi connectivity index (χ1) is 8.85. The Kier molecular flexibility index (Phi) is 2.95. The van der Waals surface area contributed by atoms with E-state index in [1.807, 2.05) is 6.07 Å². The van der Waals surface area contributed by atoms with Gasteiger partial charge in [-0.3, -0.25) is 0 Å². The van der Waals surface area contributed by atoms with Crippen LogP contribution in [0.1, 0.15) is 26.5 Å². The molecule has 2 aromatic rings. The van der Waals surface area contributed by atoms with Gasteiger partial charge in [-0.15, -0.1) is 0 Å². The predicted molar refractivity (Wildman–Crippen MR) is 69.9 cm³/mol. The SMILES string of the molecule is CC(C)(C)OC(=O)n1c(C#N)c(O)c2ccccc21. The largest absolute Gasteiger partial charge is 0.504 e. The van der Waals surface area contributed by atoms with Crippen LogP contribution in [-0.4, -0.2) is 21.4 Å². The summed E-state index contributed by atoms with van der Waals surface area (Å²) in [5, 5.41) is 19.5. The number of fused-ring (bicyclic) bond motifs is 1. The van der Waals surface area contributed by atoms with Crippen LogP contribution in [0.15, 0.2) is 24.3 Å². The van der Waals surface area contributed by atoms with Crippen LogP contribution in [0.5, 0.6) is 5.75 Å². The highest BCUT2D eigenvalue weighted by Gasteiger charge is 2.25. The van der Waals surface area contributed by atoms with Crippen LogP contribution in [0.25, 0.3) is 10.9 Å². The summed E-state index contributed by atoms with van der Waals surface area (Å²) >= 11 is 0. The zero-order valence-electron chi connectivity index (χ0n) is 11.0. The smallest absolute Gasteiger partial charge is 0.420 e. The Hall–Kier alpha value is -2.48. The van der Waals surface area contributed by atoms with Gasteiger partial charge in [-0.05, 0) is 32.9 Å². The summed E-state index contributed by atoms with van der Waals surface area (Å²) in [6, 6.07) is 8.58. The molecule has 0 amide bonds. The predicted octanol–water partition coefficient (Wildman–Crippen LogP) is 3.00. The quantitative estimate of drug-likeness (QED) is 0.788. The molecule has 2 rings (SSSR count). The van der Waals surface area contributed by atoms with Crippen molar-refractivity contribution in [2.45, 2.75) is 26.4 Å². The van der Waals surface area contributed by atoms with Gasteiger partial charge in [0.2, 0.25) is 0 Å². The number of nitriles is 1. The summed E-state index contributed by atoms with van der Waals surface area (Å²) in [4.78, 5) is 12.1. The van der Waals surface area contributed by atoms with Gasteiger partial charge in [-0.25, -0.2) is 9.36 Å². The molecule has 0 radical (unpaired) electrons. The third kappa shape index (κ3) is 2.25. The Labute approximate surface area is 110 Å². The fourth-order valence-electron chi connectivity index (χ4n) is 1.82. The molecular formula is C14H14N2O3. The molecule has 0 aliphatic heterocycles. The van der Waals surface area contributed by atoms with Gasteiger partial charge in [0, 0.05) is 5.39 Å². The van der Waals surface area contributed by atoms with E-state index in [1.165, 1.54) is 0 Å². The zero-order chi connectivity index (χ0) is 14.2. The van der Waals surface area contributed by atoms with E-state index in [4.69, 9.17) is 10.00 Å². The maximum atomic E-state index is 12.1. The Morgan fingerprint density at radius 3 is 2.58 bits per heavy atom. The van der Waals surface area contributed by atoms with Crippen molar-refractivity contribution in [2.24, 2.45) is 0 Å². The van der Waals surface area contributed by atoms with Gasteiger partial charge in [0.25, 0.3) is 0 Å². The molecular weight excluding hydrogens is 244 g/mol. The molecule has 1 N–H and O–H groups in total. The molecule has 0 spiro atoms. The normalized spacial score (nSPS) is 11.3. The summed E-state index contributed by atoms with van der Waals surface area (Å²) < 4.78 is 6.34. The first-order valence-corrected chi connectivity index (χ1v) is 5.81. The molecule has 0 bridgehead atoms. The molecule has 0 unspecified atom stereocenters. The van der Waals surface area contributed by atoms with E-state index in [1.54, 1.807) is 45.0 Å². The Morgan fingerprint density at radius 2 is 2.00 bits per heavy atom. The number of aromatic nitrogens is 1. The molecule has 1 heterocycles. The minimum Gasteiger partial charge on any atom is -0.504 e. The van der Waals surface area contributed by atoms with Crippen LogP contribution >= 0.6 is 0 Å². The molecule has 0 aliphatic rings. The van der Waals surface area contributed by atoms with Crippen molar-refractivity contribution >= 4 is 17.0 Å². The van der Waals surface area contributed by atoms with E-state index in [9.17, 15) is 9.90 Å². The lowest BCUT2D eigenvalue weighted by atomic mass is 10.2. The van der Waals surface area contributed by atoms with Crippen LogP contribution in [0.2, 0.25) is 0 Å². The number of aromatic hydroxyl groups is 1. The van der Waals surface area contributed by atoms with Gasteiger partial charge in [-0.1, -0.05) is 12.1 Å². The number of benzene rings is 1. The number of hydrogen-bond acceptors (Lipinski definition) is 4. The Balaban J connectivity index is 2.66. The number of nitrogens with zero attached hydrogens (tertiary/aromatic N) is 2. The monoisotopic (exact) mass is 258 g/mol. The summed E-state index contributed by atoms with van der Waals surface area (Å²) in [6.07, 6.45) is -0.680. The molecule has 0 saturated heterocycles. The van der Waals surface area contributed by atoms with E-state index < -0.39 is 11.7 Å². The highest BCUT2D eigenvalue weighted by Crippen LogP contribution is 2.32. The molecule has 5 nitrogen and oxygen atoms in total. The molecule has 19 heavy (non-hydrogen) atoms. The first-order valence-electron chi connectivity index (χ1n) is 5.81. The average molecular weight is 258 g/mol. The van der Waals surface area contributed by atoms with Crippen LogP contribution in [0.3, 0.4) is 0 Å². The van der Waals surface area contributed by atoms with E-state index in [-0.39, 0.29) is 11.4 Å². The van der Waals surface area contributed by atoms with Crippen LogP contribution < -0.4 is 0 Å². The highest BCUT2D eigenvalue weighted by molar-refractivity contribution is 5.96. The lowest BCUT2D eigenvalue weighted by Crippen LogP contribution is -2.27. The van der Waals surface area contributed by atoms with Crippen LogP contribution in [-0.2, 0) is 4.74 Å². The minimum absolute atomic E-state index is 0.115. The molecule has 0 fully saturated rings. The second kappa shape index (κ2) is 4.32. The number of carbonyl (C=O) groups excluding carboxylic acids is 1. The van der Waals surface area contributed by atoms with E-state index in [0.29, 0.717) is 10.9 Å². The number of carbonyl (C=O) groups is 1. The first kappa shape index (κ1) is 13.0. The second-order valence-electron chi connectivity index (χ2n) is 5.14. The second-order valence-corrected chi connectivity index (χ2v) is 5.14. The summed E-state index contributed by atoms with van der Waals surface area (Å²) in [5.41, 5.74) is -0.341. The van der Waals surface area contributed by atoms with Gasteiger partial charge in [0.05, 0.1) is 5.52 Å². The highest BCUT2D eigenvalue weighted by atomic mass is 16.6. The Bertz CT molecular complexity index is 687. The fourth-order valence-corrected chi connectivity index (χ4v) is 1.82. The van der Waals surface area contributed by atoms with Crippen LogP contribution in [0, 0.1) is 11.3 Å². The maximum Gasteiger partial charge on any atom is 0.420 e. The van der Waals surface area contributed by atoms with Crippen molar-refractivity contribution in [1.82, 2.24) is 4.57 Å². The van der Waals surface area contributed by atoms with Gasteiger partial charge < -0.3 is 9.84 Å². The van der Waals surface area contributed by atoms with Gasteiger partial charge in [0.15, 0.2) is 11.4 Å². The molecule has 1 aromatic heterocycles.